The highest BCUT2D eigenvalue weighted by Crippen LogP contribution is 2.17. The number of carbonyl (C=O) groups excluding carboxylic acids is 1. The molecule has 134 valence electrons. The maximum Gasteiger partial charge on any atom is 0.317 e. The number of sulfone groups is 1. The standard InChI is InChI=1S/C15H29N3O4S/c1-12(2)14(18-5-7-22-8-6-18)10-16-15(19)17(3)13-4-9-23(20,21)11-13/h12-14H,4-11H2,1-3H3,(H,16,19)/t13-,14-/m0/s1. The quantitative estimate of drug-likeness (QED) is 0.767. The van der Waals surface area contributed by atoms with Crippen molar-refractivity contribution in [2.45, 2.75) is 32.4 Å². The van der Waals surface area contributed by atoms with Gasteiger partial charge in [-0.25, -0.2) is 13.2 Å². The molecule has 0 saturated carbocycles. The number of ether oxygens (including phenoxy) is 1. The minimum absolute atomic E-state index is 0.0774. The molecule has 0 spiro atoms. The second-order valence-electron chi connectivity index (χ2n) is 6.81. The van der Waals surface area contributed by atoms with Crippen LogP contribution in [0.3, 0.4) is 0 Å². The van der Waals surface area contributed by atoms with Gasteiger partial charge in [-0.1, -0.05) is 13.8 Å². The van der Waals surface area contributed by atoms with Crippen LogP contribution in [-0.4, -0.2) is 87.7 Å². The summed E-state index contributed by atoms with van der Waals surface area (Å²) in [5.41, 5.74) is 0. The Morgan fingerprint density at radius 2 is 2.00 bits per heavy atom. The van der Waals surface area contributed by atoms with Gasteiger partial charge in [0.1, 0.15) is 0 Å². The molecule has 0 aromatic heterocycles. The minimum Gasteiger partial charge on any atom is -0.379 e. The lowest BCUT2D eigenvalue weighted by molar-refractivity contribution is 0.00693. The highest BCUT2D eigenvalue weighted by molar-refractivity contribution is 7.91. The van der Waals surface area contributed by atoms with E-state index in [9.17, 15) is 13.2 Å². The van der Waals surface area contributed by atoms with Crippen LogP contribution in [0.15, 0.2) is 0 Å². The molecule has 2 atom stereocenters. The fourth-order valence-electron chi connectivity index (χ4n) is 3.26. The van der Waals surface area contributed by atoms with E-state index in [-0.39, 0.29) is 29.6 Å². The Balaban J connectivity index is 1.86. The van der Waals surface area contributed by atoms with Crippen molar-refractivity contribution < 1.29 is 17.9 Å². The van der Waals surface area contributed by atoms with E-state index in [1.165, 1.54) is 0 Å². The van der Waals surface area contributed by atoms with Gasteiger partial charge in [0.15, 0.2) is 9.84 Å². The number of urea groups is 1. The van der Waals surface area contributed by atoms with Gasteiger partial charge < -0.3 is 15.0 Å². The minimum atomic E-state index is -2.98. The van der Waals surface area contributed by atoms with E-state index in [1.807, 2.05) is 0 Å². The van der Waals surface area contributed by atoms with E-state index in [1.54, 1.807) is 11.9 Å². The van der Waals surface area contributed by atoms with Crippen LogP contribution in [0.5, 0.6) is 0 Å². The van der Waals surface area contributed by atoms with Gasteiger partial charge in [-0.3, -0.25) is 4.90 Å². The van der Waals surface area contributed by atoms with Crippen molar-refractivity contribution in [3.63, 3.8) is 0 Å². The number of carbonyl (C=O) groups is 1. The maximum atomic E-state index is 12.3. The molecule has 2 amide bonds. The molecule has 2 fully saturated rings. The Kier molecular flexibility index (Phi) is 6.27. The first kappa shape index (κ1) is 18.5. The molecule has 0 aromatic rings. The summed E-state index contributed by atoms with van der Waals surface area (Å²) in [6, 6.07) is -0.129. The number of nitrogens with one attached hydrogen (secondary N) is 1. The van der Waals surface area contributed by atoms with Crippen molar-refractivity contribution in [1.82, 2.24) is 15.1 Å². The van der Waals surface area contributed by atoms with Gasteiger partial charge in [-0.2, -0.15) is 0 Å². The highest BCUT2D eigenvalue weighted by atomic mass is 32.2. The lowest BCUT2D eigenvalue weighted by Gasteiger charge is -2.37. The Morgan fingerprint density at radius 3 is 2.52 bits per heavy atom. The number of hydrogen-bond donors (Lipinski definition) is 1. The lowest BCUT2D eigenvalue weighted by Crippen LogP contribution is -2.53. The fourth-order valence-corrected chi connectivity index (χ4v) is 5.03. The van der Waals surface area contributed by atoms with Crippen molar-refractivity contribution in [3.05, 3.63) is 0 Å². The first-order valence-electron chi connectivity index (χ1n) is 8.33. The predicted octanol–water partition coefficient (Wildman–Crippen LogP) is 0.172. The van der Waals surface area contributed by atoms with Crippen LogP contribution in [0.1, 0.15) is 20.3 Å². The molecule has 7 nitrogen and oxygen atoms in total. The number of rotatable bonds is 5. The summed E-state index contributed by atoms with van der Waals surface area (Å²) in [7, 11) is -1.30. The van der Waals surface area contributed by atoms with Crippen molar-refractivity contribution in [2.24, 2.45) is 5.92 Å². The molecule has 23 heavy (non-hydrogen) atoms. The van der Waals surface area contributed by atoms with E-state index in [0.717, 1.165) is 26.3 Å². The van der Waals surface area contributed by atoms with Gasteiger partial charge >= 0.3 is 6.03 Å². The second-order valence-corrected chi connectivity index (χ2v) is 9.04. The summed E-state index contributed by atoms with van der Waals surface area (Å²) in [5.74, 6) is 0.677. The van der Waals surface area contributed by atoms with Crippen LogP contribution < -0.4 is 5.32 Å². The van der Waals surface area contributed by atoms with Gasteiger partial charge in [0.25, 0.3) is 0 Å². The summed E-state index contributed by atoms with van der Waals surface area (Å²) in [6.07, 6.45) is 0.531. The third-order valence-corrected chi connectivity index (χ3v) is 6.57. The molecular formula is C15H29N3O4S. The molecule has 0 aromatic carbocycles. The zero-order valence-corrected chi connectivity index (χ0v) is 15.1. The van der Waals surface area contributed by atoms with Crippen molar-refractivity contribution in [1.29, 1.82) is 0 Å². The van der Waals surface area contributed by atoms with Gasteiger partial charge in [-0.05, 0) is 12.3 Å². The van der Waals surface area contributed by atoms with E-state index in [0.29, 0.717) is 18.9 Å². The van der Waals surface area contributed by atoms with Gasteiger partial charge in [0.05, 0.1) is 24.7 Å². The average Bonchev–Trinajstić information content (AvgIpc) is 2.87. The van der Waals surface area contributed by atoms with Gasteiger partial charge in [-0.15, -0.1) is 0 Å². The summed E-state index contributed by atoms with van der Waals surface area (Å²) in [6.45, 7) is 8.11. The molecule has 0 unspecified atom stereocenters. The third-order valence-electron chi connectivity index (χ3n) is 4.82. The topological polar surface area (TPSA) is 79.0 Å². The monoisotopic (exact) mass is 347 g/mol. The second kappa shape index (κ2) is 7.81. The van der Waals surface area contributed by atoms with Crippen LogP contribution in [-0.2, 0) is 14.6 Å². The Bertz CT molecular complexity index is 503. The SMILES string of the molecule is CC(C)[C@H](CNC(=O)N(C)[C@H]1CCS(=O)(=O)C1)N1CCOCC1. The van der Waals surface area contributed by atoms with Crippen LogP contribution in [0.25, 0.3) is 0 Å². The smallest absolute Gasteiger partial charge is 0.317 e. The molecule has 2 saturated heterocycles. The van der Waals surface area contributed by atoms with Crippen molar-refractivity contribution in [2.75, 3.05) is 51.4 Å². The Labute approximate surface area is 139 Å². The molecule has 8 heteroatoms. The van der Waals surface area contributed by atoms with Gasteiger partial charge in [0.2, 0.25) is 0 Å². The zero-order chi connectivity index (χ0) is 17.0. The molecule has 2 aliphatic heterocycles. The first-order chi connectivity index (χ1) is 10.8. The molecule has 0 bridgehead atoms. The number of morpholine rings is 1. The van der Waals surface area contributed by atoms with Crippen LogP contribution in [0.4, 0.5) is 4.79 Å². The van der Waals surface area contributed by atoms with Crippen molar-refractivity contribution in [3.8, 4) is 0 Å². The molecular weight excluding hydrogens is 318 g/mol. The number of amides is 2. The molecule has 2 aliphatic rings. The van der Waals surface area contributed by atoms with Crippen LogP contribution in [0.2, 0.25) is 0 Å². The van der Waals surface area contributed by atoms with Crippen LogP contribution in [0, 0.1) is 5.92 Å². The molecule has 1 N–H and O–H groups in total. The normalized spacial score (nSPS) is 26.2. The van der Waals surface area contributed by atoms with Crippen molar-refractivity contribution >= 4 is 15.9 Å². The first-order valence-corrected chi connectivity index (χ1v) is 10.1. The third kappa shape index (κ3) is 5.06. The molecule has 0 radical (unpaired) electrons. The zero-order valence-electron chi connectivity index (χ0n) is 14.3. The summed E-state index contributed by atoms with van der Waals surface area (Å²) in [5, 5.41) is 2.98. The van der Waals surface area contributed by atoms with E-state index >= 15 is 0 Å². The Hall–Kier alpha value is -0.860. The van der Waals surface area contributed by atoms with E-state index < -0.39 is 9.84 Å². The summed E-state index contributed by atoms with van der Waals surface area (Å²) in [4.78, 5) is 16.2. The number of nitrogens with zero attached hydrogens (tertiary/aromatic N) is 2. The fraction of sp³-hybridized carbons (Fsp3) is 0.933. The van der Waals surface area contributed by atoms with E-state index in [4.69, 9.17) is 4.74 Å². The van der Waals surface area contributed by atoms with Gasteiger partial charge in [0, 0.05) is 38.8 Å². The predicted molar refractivity (Wildman–Crippen MR) is 89.2 cm³/mol. The maximum absolute atomic E-state index is 12.3. The molecule has 2 heterocycles. The summed E-state index contributed by atoms with van der Waals surface area (Å²) >= 11 is 0. The number of hydrogen-bond acceptors (Lipinski definition) is 5. The van der Waals surface area contributed by atoms with Crippen LogP contribution >= 0.6 is 0 Å². The lowest BCUT2D eigenvalue weighted by atomic mass is 10.0. The molecule has 2 rings (SSSR count). The largest absolute Gasteiger partial charge is 0.379 e. The Morgan fingerprint density at radius 1 is 1.35 bits per heavy atom. The average molecular weight is 347 g/mol. The van der Waals surface area contributed by atoms with E-state index in [2.05, 4.69) is 24.1 Å². The summed E-state index contributed by atoms with van der Waals surface area (Å²) < 4.78 is 28.5. The highest BCUT2D eigenvalue weighted by Gasteiger charge is 2.33. The molecule has 0 aliphatic carbocycles.